The summed E-state index contributed by atoms with van der Waals surface area (Å²) in [5, 5.41) is 6.38. The fraction of sp³-hybridized carbons (Fsp3) is 0.111. The van der Waals surface area contributed by atoms with Crippen LogP contribution in [-0.4, -0.2) is 15.9 Å². The second-order valence-corrected chi connectivity index (χ2v) is 5.97. The van der Waals surface area contributed by atoms with Crippen molar-refractivity contribution in [2.45, 2.75) is 13.1 Å². The first-order valence-electron chi connectivity index (χ1n) is 7.72. The highest BCUT2D eigenvalue weighted by atomic mass is 35.5. The molecule has 1 aromatic heterocycles. The molecule has 2 aromatic carbocycles. The Morgan fingerprint density at radius 2 is 1.74 bits per heavy atom. The molecule has 0 bridgehead atoms. The van der Waals surface area contributed by atoms with Crippen LogP contribution in [-0.2, 0) is 6.18 Å². The van der Waals surface area contributed by atoms with Crippen LogP contribution in [0.5, 0.6) is 5.75 Å². The van der Waals surface area contributed by atoms with Gasteiger partial charge in [0.2, 0.25) is 5.69 Å². The maximum atomic E-state index is 13.4. The van der Waals surface area contributed by atoms with Crippen molar-refractivity contribution in [2.24, 2.45) is 0 Å². The Labute approximate surface area is 157 Å². The van der Waals surface area contributed by atoms with E-state index in [9.17, 15) is 18.0 Å². The number of ether oxygens (including phenoxy) is 1. The summed E-state index contributed by atoms with van der Waals surface area (Å²) in [5.74, 6) is -0.661. The van der Waals surface area contributed by atoms with Gasteiger partial charge in [0.15, 0.2) is 5.75 Å². The number of halogens is 4. The summed E-state index contributed by atoms with van der Waals surface area (Å²) in [6, 6.07) is 14.3. The van der Waals surface area contributed by atoms with Gasteiger partial charge in [-0.15, -0.1) is 0 Å². The molecule has 0 aliphatic carbocycles. The van der Waals surface area contributed by atoms with Crippen LogP contribution in [0.15, 0.2) is 54.6 Å². The molecule has 0 saturated carbocycles. The highest BCUT2D eigenvalue weighted by Gasteiger charge is 2.40. The lowest BCUT2D eigenvalue weighted by atomic mass is 10.3. The van der Waals surface area contributed by atoms with E-state index < -0.39 is 23.7 Å². The summed E-state index contributed by atoms with van der Waals surface area (Å²) in [6.45, 7) is 1.38. The molecule has 0 aliphatic rings. The Balaban J connectivity index is 1.95. The number of para-hydroxylation sites is 1. The molecule has 0 aliphatic heterocycles. The molecule has 0 radical (unpaired) electrons. The van der Waals surface area contributed by atoms with Crippen LogP contribution in [0.4, 0.5) is 23.7 Å². The Kier molecular flexibility index (Phi) is 5.09. The van der Waals surface area contributed by atoms with Crippen LogP contribution in [0.3, 0.4) is 0 Å². The molecule has 3 aromatic rings. The van der Waals surface area contributed by atoms with E-state index in [1.807, 2.05) is 0 Å². The lowest BCUT2D eigenvalue weighted by molar-refractivity contribution is -0.142. The van der Waals surface area contributed by atoms with E-state index in [2.05, 4.69) is 10.4 Å². The number of alkyl halides is 3. The first-order valence-corrected chi connectivity index (χ1v) is 8.10. The third-order valence-corrected chi connectivity index (χ3v) is 3.87. The first kappa shape index (κ1) is 18.8. The third kappa shape index (κ3) is 4.22. The smallest absolute Gasteiger partial charge is 0.406 e. The van der Waals surface area contributed by atoms with Gasteiger partial charge in [-0.3, -0.25) is 5.32 Å². The summed E-state index contributed by atoms with van der Waals surface area (Å²) >= 11 is 5.81. The van der Waals surface area contributed by atoms with E-state index in [0.29, 0.717) is 16.4 Å². The van der Waals surface area contributed by atoms with Gasteiger partial charge in [0.25, 0.3) is 0 Å². The normalized spacial score (nSPS) is 11.3. The number of nitrogens with zero attached hydrogens (tertiary/aromatic N) is 2. The fourth-order valence-corrected chi connectivity index (χ4v) is 2.51. The number of hydrogen-bond donors (Lipinski definition) is 1. The van der Waals surface area contributed by atoms with Crippen LogP contribution >= 0.6 is 11.6 Å². The molecule has 3 rings (SSSR count). The van der Waals surface area contributed by atoms with E-state index in [0.717, 1.165) is 4.68 Å². The van der Waals surface area contributed by atoms with E-state index in [4.69, 9.17) is 16.3 Å². The van der Waals surface area contributed by atoms with Crippen LogP contribution in [0.1, 0.15) is 11.4 Å². The topological polar surface area (TPSA) is 56.1 Å². The van der Waals surface area contributed by atoms with Crippen LogP contribution in [0.2, 0.25) is 5.02 Å². The molecular weight excluding hydrogens is 383 g/mol. The summed E-state index contributed by atoms with van der Waals surface area (Å²) in [4.78, 5) is 12.0. The van der Waals surface area contributed by atoms with Crippen molar-refractivity contribution in [3.8, 4) is 11.4 Å². The summed E-state index contributed by atoms with van der Waals surface area (Å²) in [7, 11) is 0. The van der Waals surface area contributed by atoms with Crippen molar-refractivity contribution in [2.75, 3.05) is 5.32 Å². The predicted molar refractivity (Wildman–Crippen MR) is 94.4 cm³/mol. The molecule has 9 heteroatoms. The Hall–Kier alpha value is -3.00. The zero-order valence-corrected chi connectivity index (χ0v) is 14.7. The molecule has 0 fully saturated rings. The van der Waals surface area contributed by atoms with Crippen molar-refractivity contribution < 1.29 is 22.7 Å². The fourth-order valence-electron chi connectivity index (χ4n) is 2.39. The molecule has 1 amide bonds. The number of hydrogen-bond acceptors (Lipinski definition) is 3. The number of aromatic nitrogens is 2. The third-order valence-electron chi connectivity index (χ3n) is 3.62. The van der Waals surface area contributed by atoms with E-state index >= 15 is 0 Å². The van der Waals surface area contributed by atoms with Gasteiger partial charge in [-0.1, -0.05) is 29.8 Å². The van der Waals surface area contributed by atoms with Gasteiger partial charge in [-0.2, -0.15) is 18.3 Å². The molecule has 27 heavy (non-hydrogen) atoms. The van der Waals surface area contributed by atoms with Crippen molar-refractivity contribution >= 4 is 23.4 Å². The number of anilines is 1. The molecule has 0 spiro atoms. The molecule has 1 heterocycles. The minimum Gasteiger partial charge on any atom is -0.406 e. The van der Waals surface area contributed by atoms with Gasteiger partial charge in [-0.25, -0.2) is 9.48 Å². The van der Waals surface area contributed by atoms with Crippen LogP contribution in [0.25, 0.3) is 5.69 Å². The van der Waals surface area contributed by atoms with Gasteiger partial charge >= 0.3 is 12.3 Å². The maximum absolute atomic E-state index is 13.4. The largest absolute Gasteiger partial charge is 0.438 e. The molecule has 0 saturated heterocycles. The second-order valence-electron chi connectivity index (χ2n) is 5.53. The molecule has 0 unspecified atom stereocenters. The number of carbonyl (C=O) groups is 1. The van der Waals surface area contributed by atoms with Gasteiger partial charge in [-0.05, 0) is 43.3 Å². The van der Waals surface area contributed by atoms with Crippen LogP contribution in [0, 0.1) is 6.92 Å². The zero-order chi connectivity index (χ0) is 19.6. The Bertz CT molecular complexity index is 954. The highest BCUT2D eigenvalue weighted by molar-refractivity contribution is 6.30. The molecule has 0 atom stereocenters. The summed E-state index contributed by atoms with van der Waals surface area (Å²) in [6.07, 6.45) is -5.85. The number of benzene rings is 2. The standard InChI is InChI=1S/C18H13ClF3N3O2/c1-11-15(27-17(26)23-13-5-3-2-4-6-13)16(18(20,21)22)24-25(11)14-9-7-12(19)8-10-14/h2-10H,1H3,(H,23,26). The van der Waals surface area contributed by atoms with Crippen LogP contribution < -0.4 is 10.1 Å². The number of carbonyl (C=O) groups excluding carboxylic acids is 1. The number of nitrogens with one attached hydrogen (secondary N) is 1. The molecule has 140 valence electrons. The lowest BCUT2D eigenvalue weighted by Crippen LogP contribution is -2.19. The van der Waals surface area contributed by atoms with E-state index in [1.54, 1.807) is 30.3 Å². The maximum Gasteiger partial charge on any atom is 0.438 e. The van der Waals surface area contributed by atoms with Crippen molar-refractivity contribution in [3.63, 3.8) is 0 Å². The van der Waals surface area contributed by atoms with Crippen molar-refractivity contribution in [3.05, 3.63) is 71.0 Å². The molecular formula is C18H13ClF3N3O2. The summed E-state index contributed by atoms with van der Waals surface area (Å²) in [5.41, 5.74) is -0.537. The number of amides is 1. The van der Waals surface area contributed by atoms with Crippen molar-refractivity contribution in [1.29, 1.82) is 0 Å². The Morgan fingerprint density at radius 3 is 2.33 bits per heavy atom. The molecule has 5 nitrogen and oxygen atoms in total. The van der Waals surface area contributed by atoms with Gasteiger partial charge in [0.1, 0.15) is 0 Å². The minimum absolute atomic E-state index is 0.0212. The van der Waals surface area contributed by atoms with Crippen molar-refractivity contribution in [1.82, 2.24) is 9.78 Å². The van der Waals surface area contributed by atoms with E-state index in [-0.39, 0.29) is 5.69 Å². The quantitative estimate of drug-likeness (QED) is 0.640. The van der Waals surface area contributed by atoms with Gasteiger partial charge in [0.05, 0.1) is 11.4 Å². The predicted octanol–water partition coefficient (Wildman–Crippen LogP) is 5.46. The van der Waals surface area contributed by atoms with Gasteiger partial charge in [0, 0.05) is 10.7 Å². The average molecular weight is 396 g/mol. The number of rotatable bonds is 3. The molecule has 1 N–H and O–H groups in total. The first-order chi connectivity index (χ1) is 12.8. The average Bonchev–Trinajstić information content (AvgIpc) is 2.93. The summed E-state index contributed by atoms with van der Waals surface area (Å²) < 4.78 is 46.2. The zero-order valence-electron chi connectivity index (χ0n) is 13.9. The Morgan fingerprint density at radius 1 is 1.11 bits per heavy atom. The second kappa shape index (κ2) is 7.32. The minimum atomic E-state index is -4.80. The van der Waals surface area contributed by atoms with E-state index in [1.165, 1.54) is 31.2 Å². The van der Waals surface area contributed by atoms with Gasteiger partial charge < -0.3 is 4.74 Å². The lowest BCUT2D eigenvalue weighted by Gasteiger charge is -2.09. The SMILES string of the molecule is Cc1c(OC(=O)Nc2ccccc2)c(C(F)(F)F)nn1-c1ccc(Cl)cc1. The highest BCUT2D eigenvalue weighted by Crippen LogP contribution is 2.38. The monoisotopic (exact) mass is 395 g/mol.